The van der Waals surface area contributed by atoms with Crippen molar-refractivity contribution < 1.29 is 28.9 Å². The molecular formula is C22H34O6. The van der Waals surface area contributed by atoms with Gasteiger partial charge in [0, 0.05) is 18.4 Å². The van der Waals surface area contributed by atoms with Gasteiger partial charge in [-0.15, -0.1) is 0 Å². The number of allylic oxidation sites excluding steroid dienone is 2. The maximum Gasteiger partial charge on any atom is 0.333 e. The Morgan fingerprint density at radius 2 is 2.00 bits per heavy atom. The molecule has 1 N–H and O–H groups in total. The van der Waals surface area contributed by atoms with Crippen LogP contribution in [-0.2, 0) is 23.8 Å². The fourth-order valence-electron chi connectivity index (χ4n) is 4.24. The lowest BCUT2D eigenvalue weighted by Crippen LogP contribution is -2.61. The molecule has 28 heavy (non-hydrogen) atoms. The summed E-state index contributed by atoms with van der Waals surface area (Å²) < 4.78 is 17.5. The summed E-state index contributed by atoms with van der Waals surface area (Å²) in [6.07, 6.45) is 5.43. The number of aliphatic hydroxyl groups excluding tert-OH is 1. The van der Waals surface area contributed by atoms with Crippen LogP contribution >= 0.6 is 0 Å². The van der Waals surface area contributed by atoms with Gasteiger partial charge in [-0.3, -0.25) is 4.79 Å². The molecule has 1 heterocycles. The molecule has 0 aromatic carbocycles. The van der Waals surface area contributed by atoms with Crippen LogP contribution in [0.1, 0.15) is 67.2 Å². The molecule has 6 nitrogen and oxygen atoms in total. The van der Waals surface area contributed by atoms with Gasteiger partial charge in [-0.25, -0.2) is 4.79 Å². The first-order valence-corrected chi connectivity index (χ1v) is 10.0. The summed E-state index contributed by atoms with van der Waals surface area (Å²) in [5, 5.41) is 10.6. The lowest BCUT2D eigenvalue weighted by atomic mass is 9.71. The highest BCUT2D eigenvalue weighted by atomic mass is 16.6. The number of hydrogen-bond donors (Lipinski definition) is 1. The zero-order valence-electron chi connectivity index (χ0n) is 17.9. The predicted molar refractivity (Wildman–Crippen MR) is 106 cm³/mol. The maximum atomic E-state index is 12.3. The average Bonchev–Trinajstić information content (AvgIpc) is 2.61. The van der Waals surface area contributed by atoms with Crippen LogP contribution in [0.3, 0.4) is 0 Å². The molecule has 6 heteroatoms. The van der Waals surface area contributed by atoms with E-state index in [0.717, 1.165) is 12.8 Å². The summed E-state index contributed by atoms with van der Waals surface area (Å²) in [7, 11) is 0. The molecule has 0 radical (unpaired) electrons. The summed E-state index contributed by atoms with van der Waals surface area (Å²) >= 11 is 0. The molecule has 158 valence electrons. The van der Waals surface area contributed by atoms with Crippen molar-refractivity contribution in [3.05, 3.63) is 23.3 Å². The van der Waals surface area contributed by atoms with Crippen molar-refractivity contribution in [3.8, 4) is 0 Å². The minimum atomic E-state index is -0.988. The van der Waals surface area contributed by atoms with Gasteiger partial charge in [0.2, 0.25) is 0 Å². The molecule has 1 fully saturated rings. The second-order valence-electron chi connectivity index (χ2n) is 8.56. The first-order valence-electron chi connectivity index (χ1n) is 10.0. The highest BCUT2D eigenvalue weighted by Gasteiger charge is 2.53. The normalized spacial score (nSPS) is 36.5. The predicted octanol–water partition coefficient (Wildman–Crippen LogP) is 3.47. The summed E-state index contributed by atoms with van der Waals surface area (Å²) in [6, 6.07) is 0. The van der Waals surface area contributed by atoms with Crippen LogP contribution in [0.5, 0.6) is 0 Å². The Balaban J connectivity index is 2.25. The Bertz CT molecular complexity index is 666. The number of ether oxygens (including phenoxy) is 3. The van der Waals surface area contributed by atoms with E-state index in [9.17, 15) is 14.7 Å². The standard InChI is InChI=1S/C22H34O6/c1-7-15(3)20(25)27-19-10-11-21(5,17-9-8-14(2)12-18(17)24)28-22(19,6)13-26-16(4)23/h7,12,17-19,24H,8-11,13H2,1-6H3/t17-,18-,19-,21-,22-/m0/s1. The van der Waals surface area contributed by atoms with Gasteiger partial charge in [0.05, 0.1) is 11.7 Å². The molecule has 0 saturated carbocycles. The van der Waals surface area contributed by atoms with Crippen LogP contribution in [-0.4, -0.2) is 47.1 Å². The van der Waals surface area contributed by atoms with E-state index in [4.69, 9.17) is 14.2 Å². The summed E-state index contributed by atoms with van der Waals surface area (Å²) in [5.74, 6) is -0.880. The molecule has 1 aliphatic carbocycles. The lowest BCUT2D eigenvalue weighted by Gasteiger charge is -2.52. The fourth-order valence-corrected chi connectivity index (χ4v) is 4.24. The number of esters is 2. The molecule has 0 aromatic rings. The SMILES string of the molecule is CC=C(C)C(=O)O[C@H]1CC[C@@](C)([C@H]2CCC(C)=C[C@@H]2O)O[C@@]1(C)COC(C)=O. The zero-order chi connectivity index (χ0) is 21.1. The van der Waals surface area contributed by atoms with Crippen molar-refractivity contribution in [2.45, 2.75) is 90.6 Å². The Hall–Kier alpha value is -1.66. The fraction of sp³-hybridized carbons (Fsp3) is 0.727. The number of carbonyl (C=O) groups is 2. The molecule has 0 spiro atoms. The topological polar surface area (TPSA) is 82.1 Å². The second kappa shape index (κ2) is 8.78. The number of rotatable bonds is 5. The molecule has 0 amide bonds. The van der Waals surface area contributed by atoms with Gasteiger partial charge in [0.1, 0.15) is 18.3 Å². The quantitative estimate of drug-likeness (QED) is 0.437. The number of aliphatic hydroxyl groups is 1. The van der Waals surface area contributed by atoms with Crippen LogP contribution in [0.25, 0.3) is 0 Å². The molecule has 1 saturated heterocycles. The van der Waals surface area contributed by atoms with Crippen LogP contribution in [0.15, 0.2) is 23.3 Å². The highest BCUT2D eigenvalue weighted by Crippen LogP contribution is 2.45. The van der Waals surface area contributed by atoms with E-state index in [1.807, 2.05) is 26.8 Å². The Labute approximate surface area is 167 Å². The van der Waals surface area contributed by atoms with Gasteiger partial charge in [0.25, 0.3) is 0 Å². The smallest absolute Gasteiger partial charge is 0.333 e. The van der Waals surface area contributed by atoms with E-state index in [2.05, 4.69) is 0 Å². The van der Waals surface area contributed by atoms with Crippen LogP contribution in [0, 0.1) is 5.92 Å². The van der Waals surface area contributed by atoms with Gasteiger partial charge in [-0.05, 0) is 60.3 Å². The van der Waals surface area contributed by atoms with Gasteiger partial charge < -0.3 is 19.3 Å². The van der Waals surface area contributed by atoms with Crippen molar-refractivity contribution in [2.75, 3.05) is 6.61 Å². The minimum Gasteiger partial charge on any atom is -0.463 e. The molecule has 1 aliphatic heterocycles. The number of carbonyl (C=O) groups excluding carboxylic acids is 2. The van der Waals surface area contributed by atoms with Crippen LogP contribution < -0.4 is 0 Å². The molecule has 2 rings (SSSR count). The summed E-state index contributed by atoms with van der Waals surface area (Å²) in [5.41, 5.74) is 0.105. The maximum absolute atomic E-state index is 12.3. The van der Waals surface area contributed by atoms with Gasteiger partial charge in [0.15, 0.2) is 0 Å². The van der Waals surface area contributed by atoms with Crippen molar-refractivity contribution >= 4 is 11.9 Å². The second-order valence-corrected chi connectivity index (χ2v) is 8.56. The minimum absolute atomic E-state index is 0.0115. The average molecular weight is 395 g/mol. The van der Waals surface area contributed by atoms with E-state index >= 15 is 0 Å². The third-order valence-corrected chi connectivity index (χ3v) is 6.12. The zero-order valence-corrected chi connectivity index (χ0v) is 17.9. The monoisotopic (exact) mass is 394 g/mol. The Kier molecular flexibility index (Phi) is 7.10. The van der Waals surface area contributed by atoms with Gasteiger partial charge in [-0.1, -0.05) is 17.7 Å². The van der Waals surface area contributed by atoms with E-state index in [1.54, 1.807) is 19.9 Å². The first kappa shape index (κ1) is 22.6. The highest BCUT2D eigenvalue weighted by molar-refractivity contribution is 5.87. The number of hydrogen-bond acceptors (Lipinski definition) is 6. The van der Waals surface area contributed by atoms with E-state index in [0.29, 0.717) is 18.4 Å². The molecule has 5 atom stereocenters. The third-order valence-electron chi connectivity index (χ3n) is 6.12. The van der Waals surface area contributed by atoms with E-state index in [1.165, 1.54) is 12.5 Å². The van der Waals surface area contributed by atoms with Crippen LogP contribution in [0.4, 0.5) is 0 Å². The Morgan fingerprint density at radius 1 is 1.32 bits per heavy atom. The van der Waals surface area contributed by atoms with Crippen molar-refractivity contribution in [3.63, 3.8) is 0 Å². The third kappa shape index (κ3) is 5.03. The largest absolute Gasteiger partial charge is 0.463 e. The van der Waals surface area contributed by atoms with Crippen molar-refractivity contribution in [2.24, 2.45) is 5.92 Å². The molecule has 0 aromatic heterocycles. The van der Waals surface area contributed by atoms with Gasteiger partial charge >= 0.3 is 11.9 Å². The molecule has 0 unspecified atom stereocenters. The Morgan fingerprint density at radius 3 is 2.57 bits per heavy atom. The van der Waals surface area contributed by atoms with Crippen LogP contribution in [0.2, 0.25) is 0 Å². The van der Waals surface area contributed by atoms with E-state index in [-0.39, 0.29) is 12.5 Å². The summed E-state index contributed by atoms with van der Waals surface area (Å²) in [4.78, 5) is 23.7. The van der Waals surface area contributed by atoms with E-state index < -0.39 is 35.3 Å². The van der Waals surface area contributed by atoms with Crippen molar-refractivity contribution in [1.82, 2.24) is 0 Å². The lowest BCUT2D eigenvalue weighted by molar-refractivity contribution is -0.265. The molecule has 2 aliphatic rings. The molecular weight excluding hydrogens is 360 g/mol. The molecule has 0 bridgehead atoms. The van der Waals surface area contributed by atoms with Gasteiger partial charge in [-0.2, -0.15) is 0 Å². The van der Waals surface area contributed by atoms with Crippen molar-refractivity contribution in [1.29, 1.82) is 0 Å². The first-order chi connectivity index (χ1) is 13.0. The summed E-state index contributed by atoms with van der Waals surface area (Å²) in [6.45, 7) is 10.6.